The maximum Gasteiger partial charge on any atom is 0.417 e. The molecule has 2 rings (SSSR count). The highest BCUT2D eigenvalue weighted by atomic mass is 32.2. The van der Waals surface area contributed by atoms with E-state index in [9.17, 15) is 30.0 Å². The fourth-order valence-electron chi connectivity index (χ4n) is 2.22. The Balaban J connectivity index is 2.55. The van der Waals surface area contributed by atoms with Gasteiger partial charge in [-0.3, -0.25) is 4.72 Å². The Morgan fingerprint density at radius 3 is 2.11 bits per heavy atom. The lowest BCUT2D eigenvalue weighted by molar-refractivity contribution is -0.139. The minimum atomic E-state index is -4.86. The van der Waals surface area contributed by atoms with Crippen molar-refractivity contribution in [3.63, 3.8) is 0 Å². The molecule has 0 amide bonds. The van der Waals surface area contributed by atoms with E-state index in [0.717, 1.165) is 22.5 Å². The Bertz CT molecular complexity index is 1060. The maximum atomic E-state index is 13.1. The summed E-state index contributed by atoms with van der Waals surface area (Å²) < 4.78 is 91.9. The third-order valence-corrected chi connectivity index (χ3v) is 6.95. The van der Waals surface area contributed by atoms with Crippen LogP contribution in [0.1, 0.15) is 11.1 Å². The molecule has 0 aliphatic rings. The highest BCUT2D eigenvalue weighted by molar-refractivity contribution is 7.92. The van der Waals surface area contributed by atoms with Gasteiger partial charge in [-0.15, -0.1) is 0 Å². The first-order valence-corrected chi connectivity index (χ1v) is 10.4. The zero-order chi connectivity index (χ0) is 20.6. The van der Waals surface area contributed by atoms with Gasteiger partial charge in [-0.2, -0.15) is 13.2 Å². The molecule has 2 aromatic carbocycles. The van der Waals surface area contributed by atoms with Crippen molar-refractivity contribution < 1.29 is 30.0 Å². The van der Waals surface area contributed by atoms with Crippen LogP contribution in [0.4, 0.5) is 18.9 Å². The van der Waals surface area contributed by atoms with Crippen molar-refractivity contribution in [1.29, 1.82) is 0 Å². The normalized spacial score (nSPS) is 13.0. The summed E-state index contributed by atoms with van der Waals surface area (Å²) in [5, 5.41) is 0. The van der Waals surface area contributed by atoms with Gasteiger partial charge < -0.3 is 0 Å². The molecule has 2 aromatic rings. The molecular formula is C16H17F3N2O4S2. The van der Waals surface area contributed by atoms with E-state index in [4.69, 9.17) is 0 Å². The van der Waals surface area contributed by atoms with Crippen molar-refractivity contribution in [1.82, 2.24) is 4.31 Å². The Morgan fingerprint density at radius 2 is 1.56 bits per heavy atom. The van der Waals surface area contributed by atoms with Crippen molar-refractivity contribution in [3.05, 3.63) is 53.6 Å². The predicted molar refractivity (Wildman–Crippen MR) is 94.3 cm³/mol. The van der Waals surface area contributed by atoms with E-state index >= 15 is 0 Å². The average Bonchev–Trinajstić information content (AvgIpc) is 2.55. The predicted octanol–water partition coefficient (Wildman–Crippen LogP) is 3.06. The summed E-state index contributed by atoms with van der Waals surface area (Å²) in [6.07, 6.45) is -4.86. The van der Waals surface area contributed by atoms with Crippen LogP contribution in [0.5, 0.6) is 0 Å². The summed E-state index contributed by atoms with van der Waals surface area (Å²) >= 11 is 0. The number of sulfonamides is 2. The van der Waals surface area contributed by atoms with Crippen molar-refractivity contribution in [2.75, 3.05) is 18.8 Å². The number of benzene rings is 2. The summed E-state index contributed by atoms with van der Waals surface area (Å²) in [6, 6.07) is 7.46. The molecule has 0 spiro atoms. The second-order valence-electron chi connectivity index (χ2n) is 5.86. The molecule has 0 aromatic heterocycles. The number of nitrogens with zero attached hydrogens (tertiary/aromatic N) is 1. The van der Waals surface area contributed by atoms with Crippen LogP contribution in [-0.4, -0.2) is 35.2 Å². The lowest BCUT2D eigenvalue weighted by Gasteiger charge is -2.17. The summed E-state index contributed by atoms with van der Waals surface area (Å²) in [7, 11) is -5.85. The van der Waals surface area contributed by atoms with Gasteiger partial charge in [0.1, 0.15) is 0 Å². The third-order valence-electron chi connectivity index (χ3n) is 3.71. The van der Waals surface area contributed by atoms with Gasteiger partial charge in [0, 0.05) is 14.1 Å². The molecular weight excluding hydrogens is 405 g/mol. The topological polar surface area (TPSA) is 83.6 Å². The first-order valence-electron chi connectivity index (χ1n) is 7.49. The summed E-state index contributed by atoms with van der Waals surface area (Å²) in [4.78, 5) is -1.14. The number of hydrogen-bond donors (Lipinski definition) is 1. The van der Waals surface area contributed by atoms with Crippen molar-refractivity contribution in [2.45, 2.75) is 22.9 Å². The molecule has 0 fully saturated rings. The SMILES string of the molecule is Cc1ccc(S(=O)(=O)N(C)C)cc1NS(=O)(=O)c1ccccc1C(F)(F)F. The second-order valence-corrected chi connectivity index (χ2v) is 9.67. The van der Waals surface area contributed by atoms with E-state index in [1.165, 1.54) is 39.2 Å². The number of anilines is 1. The average molecular weight is 422 g/mol. The van der Waals surface area contributed by atoms with Gasteiger partial charge in [-0.25, -0.2) is 21.1 Å². The molecule has 0 aliphatic heterocycles. The van der Waals surface area contributed by atoms with E-state index in [1.807, 2.05) is 0 Å². The minimum absolute atomic E-state index is 0.130. The third kappa shape index (κ3) is 4.42. The van der Waals surface area contributed by atoms with Crippen molar-refractivity contribution >= 4 is 25.7 Å². The number of aryl methyl sites for hydroxylation is 1. The molecule has 0 aliphatic carbocycles. The van der Waals surface area contributed by atoms with Crippen LogP contribution in [0.15, 0.2) is 52.3 Å². The van der Waals surface area contributed by atoms with Crippen LogP contribution in [0.25, 0.3) is 0 Å². The van der Waals surface area contributed by atoms with Crippen LogP contribution < -0.4 is 4.72 Å². The lowest BCUT2D eigenvalue weighted by atomic mass is 10.2. The maximum absolute atomic E-state index is 13.1. The van der Waals surface area contributed by atoms with Crippen LogP contribution in [0, 0.1) is 6.92 Å². The largest absolute Gasteiger partial charge is 0.417 e. The number of hydrogen-bond acceptors (Lipinski definition) is 4. The Hall–Kier alpha value is -2.11. The Kier molecular flexibility index (Phi) is 5.60. The molecule has 0 saturated carbocycles. The molecule has 0 radical (unpaired) electrons. The lowest BCUT2D eigenvalue weighted by Crippen LogP contribution is -2.23. The molecule has 0 bridgehead atoms. The van der Waals surface area contributed by atoms with Crippen LogP contribution in [-0.2, 0) is 26.2 Å². The molecule has 0 saturated heterocycles. The fraction of sp³-hybridized carbons (Fsp3) is 0.250. The fourth-order valence-corrected chi connectivity index (χ4v) is 4.50. The van der Waals surface area contributed by atoms with E-state index in [2.05, 4.69) is 4.72 Å². The van der Waals surface area contributed by atoms with E-state index in [-0.39, 0.29) is 10.6 Å². The van der Waals surface area contributed by atoms with Crippen LogP contribution in [0.2, 0.25) is 0 Å². The number of halogens is 3. The Morgan fingerprint density at radius 1 is 0.963 bits per heavy atom. The summed E-state index contributed by atoms with van der Waals surface area (Å²) in [6.45, 7) is 1.50. The first-order chi connectivity index (χ1) is 12.3. The standard InChI is InChI=1S/C16H17F3N2O4S2/c1-11-8-9-12(27(24,25)21(2)3)10-14(11)20-26(22,23)15-7-5-4-6-13(15)16(17,18)19/h4-10,20H,1-3H3. The van der Waals surface area contributed by atoms with Crippen LogP contribution >= 0.6 is 0 Å². The second kappa shape index (κ2) is 7.13. The van der Waals surface area contributed by atoms with Gasteiger partial charge in [0.05, 0.1) is 21.0 Å². The molecule has 11 heteroatoms. The van der Waals surface area contributed by atoms with Gasteiger partial charge in [0.2, 0.25) is 10.0 Å². The summed E-state index contributed by atoms with van der Waals surface area (Å²) in [5.41, 5.74) is -1.09. The van der Waals surface area contributed by atoms with Gasteiger partial charge in [-0.1, -0.05) is 18.2 Å². The van der Waals surface area contributed by atoms with Gasteiger partial charge >= 0.3 is 6.18 Å². The zero-order valence-electron chi connectivity index (χ0n) is 14.6. The van der Waals surface area contributed by atoms with E-state index in [1.54, 1.807) is 0 Å². The molecule has 27 heavy (non-hydrogen) atoms. The molecule has 6 nitrogen and oxygen atoms in total. The van der Waals surface area contributed by atoms with Crippen molar-refractivity contribution in [2.24, 2.45) is 0 Å². The van der Waals surface area contributed by atoms with Gasteiger partial charge in [-0.05, 0) is 36.8 Å². The quantitative estimate of drug-likeness (QED) is 0.803. The number of alkyl halides is 3. The zero-order valence-corrected chi connectivity index (χ0v) is 16.2. The molecule has 1 N–H and O–H groups in total. The highest BCUT2D eigenvalue weighted by Gasteiger charge is 2.37. The van der Waals surface area contributed by atoms with E-state index < -0.39 is 36.7 Å². The Labute approximate surface area is 155 Å². The monoisotopic (exact) mass is 422 g/mol. The molecule has 0 unspecified atom stereocenters. The molecule has 0 atom stereocenters. The number of nitrogens with one attached hydrogen (secondary N) is 1. The smallest absolute Gasteiger partial charge is 0.279 e. The van der Waals surface area contributed by atoms with E-state index in [0.29, 0.717) is 11.6 Å². The van der Waals surface area contributed by atoms with Gasteiger partial charge in [0.25, 0.3) is 10.0 Å². The molecule has 148 valence electrons. The highest BCUT2D eigenvalue weighted by Crippen LogP contribution is 2.35. The first kappa shape index (κ1) is 21.2. The van der Waals surface area contributed by atoms with Crippen molar-refractivity contribution in [3.8, 4) is 0 Å². The minimum Gasteiger partial charge on any atom is -0.279 e. The van der Waals surface area contributed by atoms with Gasteiger partial charge in [0.15, 0.2) is 0 Å². The molecule has 0 heterocycles. The summed E-state index contributed by atoms with van der Waals surface area (Å²) in [5.74, 6) is 0. The van der Waals surface area contributed by atoms with Crippen LogP contribution in [0.3, 0.4) is 0 Å². The number of rotatable bonds is 5.